The standard InChI is InChI=1S/C9H9F3OS2/c10-9(11,12)6-13-5-7-1-3-8(15-14)4-2-7/h1-4,14H,5-6H2. The number of benzene rings is 1. The van der Waals surface area contributed by atoms with Gasteiger partial charge in [0.15, 0.2) is 0 Å². The lowest BCUT2D eigenvalue weighted by atomic mass is 10.2. The monoisotopic (exact) mass is 254 g/mol. The Bertz CT molecular complexity index is 297. The third-order valence-corrected chi connectivity index (χ3v) is 2.68. The van der Waals surface area contributed by atoms with Crippen LogP contribution < -0.4 is 0 Å². The molecule has 1 rings (SSSR count). The summed E-state index contributed by atoms with van der Waals surface area (Å²) in [5.74, 6) is 0. The van der Waals surface area contributed by atoms with Gasteiger partial charge in [0, 0.05) is 4.90 Å². The van der Waals surface area contributed by atoms with Gasteiger partial charge in [0.05, 0.1) is 6.61 Å². The Morgan fingerprint density at radius 1 is 1.20 bits per heavy atom. The van der Waals surface area contributed by atoms with Crippen LogP contribution in [0.15, 0.2) is 29.2 Å². The van der Waals surface area contributed by atoms with Gasteiger partial charge >= 0.3 is 6.18 Å². The van der Waals surface area contributed by atoms with E-state index in [2.05, 4.69) is 16.4 Å². The van der Waals surface area contributed by atoms with E-state index < -0.39 is 12.8 Å². The third kappa shape index (κ3) is 5.34. The van der Waals surface area contributed by atoms with Crippen LogP contribution in [0.4, 0.5) is 13.2 Å². The first-order valence-electron chi connectivity index (χ1n) is 4.06. The van der Waals surface area contributed by atoms with Gasteiger partial charge in [-0.05, 0) is 17.7 Å². The molecule has 0 spiro atoms. The highest BCUT2D eigenvalue weighted by Crippen LogP contribution is 2.21. The predicted octanol–water partition coefficient (Wildman–Crippen LogP) is 3.70. The largest absolute Gasteiger partial charge is 0.411 e. The first-order chi connectivity index (χ1) is 7.01. The van der Waals surface area contributed by atoms with E-state index in [9.17, 15) is 13.2 Å². The minimum absolute atomic E-state index is 0.0307. The normalized spacial score (nSPS) is 11.7. The van der Waals surface area contributed by atoms with Crippen molar-refractivity contribution < 1.29 is 17.9 Å². The first kappa shape index (κ1) is 12.7. The van der Waals surface area contributed by atoms with Crippen molar-refractivity contribution in [3.05, 3.63) is 29.8 Å². The summed E-state index contributed by atoms with van der Waals surface area (Å²) in [4.78, 5) is 0.943. The van der Waals surface area contributed by atoms with Crippen LogP contribution in [0.25, 0.3) is 0 Å². The molecule has 0 fully saturated rings. The van der Waals surface area contributed by atoms with Gasteiger partial charge in [-0.15, -0.1) is 11.7 Å². The molecule has 0 N–H and O–H groups in total. The number of halogens is 3. The second kappa shape index (κ2) is 5.67. The smallest absolute Gasteiger partial charge is 0.367 e. The minimum Gasteiger partial charge on any atom is -0.367 e. The van der Waals surface area contributed by atoms with E-state index in [0.717, 1.165) is 4.90 Å². The van der Waals surface area contributed by atoms with Crippen LogP contribution in [0.5, 0.6) is 0 Å². The Kier molecular flexibility index (Phi) is 4.82. The van der Waals surface area contributed by atoms with Gasteiger partial charge in [0.2, 0.25) is 0 Å². The third-order valence-electron chi connectivity index (χ3n) is 1.56. The average Bonchev–Trinajstić information content (AvgIpc) is 2.17. The van der Waals surface area contributed by atoms with Crippen molar-refractivity contribution in [2.75, 3.05) is 6.61 Å². The van der Waals surface area contributed by atoms with Gasteiger partial charge in [-0.25, -0.2) is 0 Å². The second-order valence-corrected chi connectivity index (χ2v) is 4.04. The van der Waals surface area contributed by atoms with Crippen LogP contribution in [0, 0.1) is 0 Å². The highest BCUT2D eigenvalue weighted by atomic mass is 33.1. The van der Waals surface area contributed by atoms with Crippen molar-refractivity contribution in [3.63, 3.8) is 0 Å². The molecule has 0 saturated carbocycles. The summed E-state index contributed by atoms with van der Waals surface area (Å²) in [5, 5.41) is 0. The summed E-state index contributed by atoms with van der Waals surface area (Å²) in [6, 6.07) is 7.00. The van der Waals surface area contributed by atoms with E-state index in [1.807, 2.05) is 0 Å². The Labute approximate surface area is 94.8 Å². The van der Waals surface area contributed by atoms with Crippen LogP contribution in [0.1, 0.15) is 5.56 Å². The van der Waals surface area contributed by atoms with Crippen LogP contribution in [0.2, 0.25) is 0 Å². The zero-order valence-corrected chi connectivity index (χ0v) is 9.33. The quantitative estimate of drug-likeness (QED) is 0.648. The van der Waals surface area contributed by atoms with Crippen LogP contribution >= 0.6 is 22.5 Å². The molecule has 84 valence electrons. The van der Waals surface area contributed by atoms with Gasteiger partial charge in [0.25, 0.3) is 0 Å². The summed E-state index contributed by atoms with van der Waals surface area (Å²) in [5.41, 5.74) is 0.713. The SMILES string of the molecule is FC(F)(F)COCc1ccc(SS)cc1. The van der Waals surface area contributed by atoms with Crippen molar-refractivity contribution >= 4 is 22.5 Å². The molecule has 1 aromatic rings. The molecule has 0 aromatic heterocycles. The molecule has 0 aliphatic heterocycles. The number of hydrogen-bond donors (Lipinski definition) is 1. The summed E-state index contributed by atoms with van der Waals surface area (Å²) < 4.78 is 39.7. The zero-order chi connectivity index (χ0) is 11.3. The molecule has 0 heterocycles. The molecule has 0 aliphatic carbocycles. The van der Waals surface area contributed by atoms with Gasteiger partial charge in [-0.2, -0.15) is 13.2 Å². The molecule has 0 saturated heterocycles. The Morgan fingerprint density at radius 3 is 2.27 bits per heavy atom. The molecule has 1 nitrogen and oxygen atoms in total. The fourth-order valence-electron chi connectivity index (χ4n) is 0.931. The van der Waals surface area contributed by atoms with Crippen LogP contribution in [-0.4, -0.2) is 12.8 Å². The molecule has 0 bridgehead atoms. The van der Waals surface area contributed by atoms with Gasteiger partial charge < -0.3 is 4.74 Å². The van der Waals surface area contributed by atoms with Gasteiger partial charge in [-0.1, -0.05) is 22.9 Å². The first-order valence-corrected chi connectivity index (χ1v) is 5.93. The predicted molar refractivity (Wildman–Crippen MR) is 57.0 cm³/mol. The summed E-state index contributed by atoms with van der Waals surface area (Å²) in [6.07, 6.45) is -4.26. The summed E-state index contributed by atoms with van der Waals surface area (Å²) in [6.45, 7) is -1.24. The van der Waals surface area contributed by atoms with E-state index in [-0.39, 0.29) is 6.61 Å². The number of ether oxygens (including phenoxy) is 1. The Balaban J connectivity index is 2.38. The number of hydrogen-bond acceptors (Lipinski definition) is 3. The Morgan fingerprint density at radius 2 is 1.80 bits per heavy atom. The zero-order valence-electron chi connectivity index (χ0n) is 7.62. The van der Waals surface area contributed by atoms with Crippen molar-refractivity contribution in [2.24, 2.45) is 0 Å². The number of alkyl halides is 3. The topological polar surface area (TPSA) is 9.23 Å². The van der Waals surface area contributed by atoms with E-state index in [0.29, 0.717) is 5.56 Å². The lowest BCUT2D eigenvalue weighted by Crippen LogP contribution is -2.16. The fourth-order valence-corrected chi connectivity index (χ4v) is 1.55. The maximum atomic E-state index is 11.7. The highest BCUT2D eigenvalue weighted by molar-refractivity contribution is 8.68. The van der Waals surface area contributed by atoms with E-state index in [1.54, 1.807) is 24.3 Å². The van der Waals surface area contributed by atoms with Gasteiger partial charge in [0.1, 0.15) is 6.61 Å². The van der Waals surface area contributed by atoms with Crippen molar-refractivity contribution in [2.45, 2.75) is 17.7 Å². The Hall–Kier alpha value is -0.330. The molecular weight excluding hydrogens is 245 g/mol. The van der Waals surface area contributed by atoms with Crippen molar-refractivity contribution in [1.29, 1.82) is 0 Å². The lowest BCUT2D eigenvalue weighted by Gasteiger charge is -2.07. The number of rotatable bonds is 4. The fraction of sp³-hybridized carbons (Fsp3) is 0.333. The van der Waals surface area contributed by atoms with E-state index >= 15 is 0 Å². The summed E-state index contributed by atoms with van der Waals surface area (Å²) in [7, 11) is 1.28. The highest BCUT2D eigenvalue weighted by Gasteiger charge is 2.27. The minimum atomic E-state index is -4.26. The van der Waals surface area contributed by atoms with E-state index in [1.165, 1.54) is 10.8 Å². The van der Waals surface area contributed by atoms with Crippen molar-refractivity contribution in [3.8, 4) is 0 Å². The van der Waals surface area contributed by atoms with Gasteiger partial charge in [-0.3, -0.25) is 0 Å². The maximum Gasteiger partial charge on any atom is 0.411 e. The molecular formula is C9H9F3OS2. The molecule has 0 atom stereocenters. The molecule has 15 heavy (non-hydrogen) atoms. The molecule has 0 amide bonds. The lowest BCUT2D eigenvalue weighted by molar-refractivity contribution is -0.176. The second-order valence-electron chi connectivity index (χ2n) is 2.84. The van der Waals surface area contributed by atoms with Crippen LogP contribution in [0.3, 0.4) is 0 Å². The van der Waals surface area contributed by atoms with Crippen molar-refractivity contribution in [1.82, 2.24) is 0 Å². The van der Waals surface area contributed by atoms with Crippen LogP contribution in [-0.2, 0) is 11.3 Å². The molecule has 0 unspecified atom stereocenters. The molecule has 1 aromatic carbocycles. The average molecular weight is 254 g/mol. The maximum absolute atomic E-state index is 11.7. The molecule has 0 radical (unpaired) electrons. The van der Waals surface area contributed by atoms with E-state index in [4.69, 9.17) is 0 Å². The molecule has 6 heteroatoms. The molecule has 0 aliphatic rings. The summed E-state index contributed by atoms with van der Waals surface area (Å²) >= 11 is 3.99. The number of thiol groups is 1.